The van der Waals surface area contributed by atoms with Crippen molar-refractivity contribution in [2.24, 2.45) is 5.92 Å². The highest BCUT2D eigenvalue weighted by Gasteiger charge is 2.51. The predicted octanol–water partition coefficient (Wildman–Crippen LogP) is 2.55. The topological polar surface area (TPSA) is 60.9 Å². The third-order valence-corrected chi connectivity index (χ3v) is 6.00. The Hall–Kier alpha value is -1.60. The molecule has 0 unspecified atom stereocenters. The molecule has 1 aromatic heterocycles. The summed E-state index contributed by atoms with van der Waals surface area (Å²) in [5.74, 6) is 1.29. The molecule has 0 aromatic carbocycles. The maximum atomic E-state index is 11.6. The number of carbonyl (C=O) groups excluding carboxylic acids is 1. The summed E-state index contributed by atoms with van der Waals surface area (Å²) in [6.45, 7) is 12.3. The number of nitrogens with zero attached hydrogens (tertiary/aromatic N) is 2. The van der Waals surface area contributed by atoms with Gasteiger partial charge in [-0.1, -0.05) is 6.07 Å². The van der Waals surface area contributed by atoms with Gasteiger partial charge in [0, 0.05) is 31.2 Å². The second-order valence-corrected chi connectivity index (χ2v) is 8.48. The molecule has 0 amide bonds. The van der Waals surface area contributed by atoms with Gasteiger partial charge in [-0.2, -0.15) is 0 Å². The van der Waals surface area contributed by atoms with Crippen molar-refractivity contribution in [2.75, 3.05) is 24.6 Å². The maximum absolute atomic E-state index is 11.6. The molecule has 3 rings (SSSR count). The van der Waals surface area contributed by atoms with E-state index in [9.17, 15) is 4.79 Å². The summed E-state index contributed by atoms with van der Waals surface area (Å²) in [6, 6.07) is 4.07. The minimum Gasteiger partial charge on any atom is -0.466 e. The zero-order chi connectivity index (χ0) is 19.7. The van der Waals surface area contributed by atoms with Crippen LogP contribution in [0.5, 0.6) is 0 Å². The third kappa shape index (κ3) is 4.46. The van der Waals surface area contributed by atoms with E-state index < -0.39 is 0 Å². The highest BCUT2D eigenvalue weighted by Crippen LogP contribution is 2.36. The van der Waals surface area contributed by atoms with E-state index in [1.54, 1.807) is 0 Å². The Bertz CT molecular complexity index is 638. The Labute approximate surface area is 162 Å². The number of aromatic nitrogens is 1. The first-order valence-electron chi connectivity index (χ1n) is 9.94. The Morgan fingerprint density at radius 2 is 1.85 bits per heavy atom. The van der Waals surface area contributed by atoms with Gasteiger partial charge in [-0.3, -0.25) is 4.79 Å². The average molecular weight is 374 g/mol. The highest BCUT2D eigenvalue weighted by molar-refractivity contribution is 6.62. The van der Waals surface area contributed by atoms with Crippen LogP contribution >= 0.6 is 0 Å². The summed E-state index contributed by atoms with van der Waals surface area (Å²) in [7, 11) is -0.383. The van der Waals surface area contributed by atoms with E-state index in [0.29, 0.717) is 18.9 Å². The van der Waals surface area contributed by atoms with E-state index >= 15 is 0 Å². The summed E-state index contributed by atoms with van der Waals surface area (Å²) >= 11 is 0. The summed E-state index contributed by atoms with van der Waals surface area (Å²) < 4.78 is 17.2. The molecule has 6 nitrogen and oxygen atoms in total. The van der Waals surface area contributed by atoms with Crippen LogP contribution in [0.25, 0.3) is 0 Å². The van der Waals surface area contributed by atoms with Gasteiger partial charge in [0.1, 0.15) is 5.82 Å². The lowest BCUT2D eigenvalue weighted by Crippen LogP contribution is -2.41. The van der Waals surface area contributed by atoms with Crippen molar-refractivity contribution in [3.05, 3.63) is 18.3 Å². The van der Waals surface area contributed by atoms with Crippen molar-refractivity contribution in [2.45, 2.75) is 65.1 Å². The number of rotatable bonds is 5. The summed E-state index contributed by atoms with van der Waals surface area (Å²) in [4.78, 5) is 18.6. The van der Waals surface area contributed by atoms with Gasteiger partial charge in [-0.05, 0) is 59.4 Å². The lowest BCUT2D eigenvalue weighted by molar-refractivity contribution is -0.144. The molecule has 0 spiro atoms. The molecule has 2 fully saturated rings. The van der Waals surface area contributed by atoms with Gasteiger partial charge in [-0.25, -0.2) is 4.98 Å². The van der Waals surface area contributed by atoms with Crippen molar-refractivity contribution in [3.8, 4) is 0 Å². The van der Waals surface area contributed by atoms with Crippen molar-refractivity contribution >= 4 is 24.4 Å². The van der Waals surface area contributed by atoms with Gasteiger partial charge in [0.15, 0.2) is 0 Å². The first-order valence-corrected chi connectivity index (χ1v) is 9.94. The second kappa shape index (κ2) is 7.80. The fraction of sp³-hybridized carbons (Fsp3) is 0.700. The highest BCUT2D eigenvalue weighted by atomic mass is 16.7. The number of pyridine rings is 1. The average Bonchev–Trinajstić information content (AvgIpc) is 2.84. The van der Waals surface area contributed by atoms with E-state index in [2.05, 4.69) is 37.6 Å². The number of ether oxygens (including phenoxy) is 1. The third-order valence-electron chi connectivity index (χ3n) is 6.00. The van der Waals surface area contributed by atoms with Crippen molar-refractivity contribution in [1.29, 1.82) is 0 Å². The fourth-order valence-corrected chi connectivity index (χ4v) is 3.52. The Morgan fingerprint density at radius 1 is 1.22 bits per heavy atom. The molecule has 2 saturated heterocycles. The molecular weight excluding hydrogens is 343 g/mol. The minimum absolute atomic E-state index is 0.0826. The molecule has 0 N–H and O–H groups in total. The molecule has 3 heterocycles. The van der Waals surface area contributed by atoms with Crippen LogP contribution in [0.15, 0.2) is 18.3 Å². The van der Waals surface area contributed by atoms with Crippen LogP contribution in [0, 0.1) is 5.92 Å². The Balaban J connectivity index is 1.55. The number of hydrogen-bond donors (Lipinski definition) is 0. The van der Waals surface area contributed by atoms with E-state index in [1.165, 1.54) is 0 Å². The largest absolute Gasteiger partial charge is 0.496 e. The second-order valence-electron chi connectivity index (χ2n) is 8.48. The predicted molar refractivity (Wildman–Crippen MR) is 106 cm³/mol. The van der Waals surface area contributed by atoms with Gasteiger partial charge in [0.2, 0.25) is 0 Å². The van der Waals surface area contributed by atoms with E-state index in [0.717, 1.165) is 37.2 Å². The summed E-state index contributed by atoms with van der Waals surface area (Å²) in [6.07, 6.45) is 4.34. The molecule has 148 valence electrons. The van der Waals surface area contributed by atoms with Crippen LogP contribution in [0.1, 0.15) is 53.9 Å². The molecule has 0 atom stereocenters. The van der Waals surface area contributed by atoms with Crippen molar-refractivity contribution in [3.63, 3.8) is 0 Å². The molecule has 2 aliphatic heterocycles. The lowest BCUT2D eigenvalue weighted by Gasteiger charge is -2.32. The van der Waals surface area contributed by atoms with Crippen molar-refractivity contribution < 1.29 is 18.8 Å². The molecule has 0 bridgehead atoms. The number of esters is 1. The molecule has 0 saturated carbocycles. The lowest BCUT2D eigenvalue weighted by atomic mass is 9.80. The van der Waals surface area contributed by atoms with Gasteiger partial charge in [-0.15, -0.1) is 0 Å². The molecule has 7 heteroatoms. The molecule has 27 heavy (non-hydrogen) atoms. The maximum Gasteiger partial charge on any atom is 0.496 e. The van der Waals surface area contributed by atoms with Gasteiger partial charge < -0.3 is 18.9 Å². The Kier molecular flexibility index (Phi) is 5.82. The standard InChI is InChI=1S/C20H31BN2O4/c1-6-25-18(24)13-15-9-11-23(12-10-15)17-8-7-16(14-22-17)21-26-19(2,3)20(4,5)27-21/h7-8,14-15H,6,9-13H2,1-5H3. The summed E-state index contributed by atoms with van der Waals surface area (Å²) in [5, 5.41) is 0. The smallest absolute Gasteiger partial charge is 0.466 e. The van der Waals surface area contributed by atoms with Crippen LogP contribution in [0.4, 0.5) is 5.82 Å². The van der Waals surface area contributed by atoms with Crippen LogP contribution in [-0.2, 0) is 18.8 Å². The number of hydrogen-bond acceptors (Lipinski definition) is 6. The minimum atomic E-state index is -0.383. The van der Waals surface area contributed by atoms with Crippen LogP contribution in [-0.4, -0.2) is 49.0 Å². The van der Waals surface area contributed by atoms with Gasteiger partial charge in [0.25, 0.3) is 0 Å². The van der Waals surface area contributed by atoms with Gasteiger partial charge >= 0.3 is 13.1 Å². The number of piperidine rings is 1. The molecule has 1 aromatic rings. The fourth-order valence-electron chi connectivity index (χ4n) is 3.52. The normalized spacial score (nSPS) is 22.1. The van der Waals surface area contributed by atoms with Crippen molar-refractivity contribution in [1.82, 2.24) is 4.98 Å². The molecule has 2 aliphatic rings. The van der Waals surface area contributed by atoms with Crippen LogP contribution < -0.4 is 10.4 Å². The first-order chi connectivity index (χ1) is 12.7. The SMILES string of the molecule is CCOC(=O)CC1CCN(c2ccc(B3OC(C)(C)C(C)(C)O3)cn2)CC1. The zero-order valence-corrected chi connectivity index (χ0v) is 17.2. The van der Waals surface area contributed by atoms with Gasteiger partial charge in [0.05, 0.1) is 17.8 Å². The number of carbonyl (C=O) groups is 1. The molecule has 0 aliphatic carbocycles. The summed E-state index contributed by atoms with van der Waals surface area (Å²) in [5.41, 5.74) is 0.239. The monoisotopic (exact) mass is 374 g/mol. The van der Waals surface area contributed by atoms with Crippen LogP contribution in [0.2, 0.25) is 0 Å². The number of anilines is 1. The van der Waals surface area contributed by atoms with E-state index in [-0.39, 0.29) is 24.3 Å². The Morgan fingerprint density at radius 3 is 2.37 bits per heavy atom. The van der Waals surface area contributed by atoms with E-state index in [1.807, 2.05) is 25.3 Å². The first kappa shape index (κ1) is 20.1. The zero-order valence-electron chi connectivity index (χ0n) is 17.2. The molecular formula is C20H31BN2O4. The molecule has 0 radical (unpaired) electrons. The van der Waals surface area contributed by atoms with Crippen LogP contribution in [0.3, 0.4) is 0 Å². The van der Waals surface area contributed by atoms with E-state index in [4.69, 9.17) is 14.0 Å². The quantitative estimate of drug-likeness (QED) is 0.583.